The monoisotopic (exact) mass is 289 g/mol. The molecule has 2 aromatic rings. The van der Waals surface area contributed by atoms with Crippen LogP contribution in [0.15, 0.2) is 18.6 Å². The van der Waals surface area contributed by atoms with E-state index in [0.717, 1.165) is 17.1 Å². The number of rotatable bonds is 5. The Morgan fingerprint density at radius 3 is 2.71 bits per heavy atom. The average Bonchev–Trinajstić information content (AvgIpc) is 3.06. The second-order valence-corrected chi connectivity index (χ2v) is 5.74. The summed E-state index contributed by atoms with van der Waals surface area (Å²) in [4.78, 5) is 18.7. The van der Waals surface area contributed by atoms with Crippen molar-refractivity contribution >= 4 is 5.91 Å². The topological polar surface area (TPSA) is 66.8 Å². The van der Waals surface area contributed by atoms with Crippen molar-refractivity contribution in [3.05, 3.63) is 35.7 Å². The molecule has 114 valence electrons. The van der Waals surface area contributed by atoms with E-state index in [9.17, 15) is 4.79 Å². The molecular weight excluding hydrogens is 266 g/mol. The maximum atomic E-state index is 12.6. The zero-order valence-corrected chi connectivity index (χ0v) is 13.3. The van der Waals surface area contributed by atoms with Crippen LogP contribution in [0.4, 0.5) is 0 Å². The summed E-state index contributed by atoms with van der Waals surface area (Å²) < 4.78 is 1.95. The zero-order valence-electron chi connectivity index (χ0n) is 13.3. The second-order valence-electron chi connectivity index (χ2n) is 5.74. The Kier molecular flexibility index (Phi) is 4.45. The number of likely N-dealkylation sites (N-methyl/N-ethyl adjacent to an activating group) is 1. The fourth-order valence-corrected chi connectivity index (χ4v) is 2.41. The van der Waals surface area contributed by atoms with Crippen molar-refractivity contribution in [2.75, 3.05) is 7.05 Å². The number of aromatic nitrogens is 4. The van der Waals surface area contributed by atoms with Crippen molar-refractivity contribution in [2.24, 2.45) is 0 Å². The molecule has 2 rings (SSSR count). The number of imidazole rings is 1. The minimum absolute atomic E-state index is 0.0653. The smallest absolute Gasteiger partial charge is 0.245 e. The molecule has 0 spiro atoms. The molecule has 0 saturated carbocycles. The Morgan fingerprint density at radius 1 is 1.43 bits per heavy atom. The van der Waals surface area contributed by atoms with Crippen LogP contribution in [0.3, 0.4) is 0 Å². The summed E-state index contributed by atoms with van der Waals surface area (Å²) in [5.74, 6) is 1.29. The van der Waals surface area contributed by atoms with Gasteiger partial charge in [0, 0.05) is 43.2 Å². The van der Waals surface area contributed by atoms with Crippen LogP contribution in [0, 0.1) is 6.92 Å². The first-order valence-corrected chi connectivity index (χ1v) is 7.18. The lowest BCUT2D eigenvalue weighted by Crippen LogP contribution is -2.33. The summed E-state index contributed by atoms with van der Waals surface area (Å²) in [6.07, 6.45) is 5.38. The minimum Gasteiger partial charge on any atom is -0.340 e. The third-order valence-electron chi connectivity index (χ3n) is 3.71. The van der Waals surface area contributed by atoms with Gasteiger partial charge < -0.3 is 9.47 Å². The fourth-order valence-electron chi connectivity index (χ4n) is 2.41. The summed E-state index contributed by atoms with van der Waals surface area (Å²) in [5, 5.41) is 6.88. The van der Waals surface area contributed by atoms with E-state index in [1.165, 1.54) is 0 Å². The van der Waals surface area contributed by atoms with Gasteiger partial charge in [-0.3, -0.25) is 9.89 Å². The van der Waals surface area contributed by atoms with Crippen LogP contribution in [0.5, 0.6) is 0 Å². The van der Waals surface area contributed by atoms with Crippen molar-refractivity contribution in [1.29, 1.82) is 0 Å². The third kappa shape index (κ3) is 3.15. The largest absolute Gasteiger partial charge is 0.340 e. The van der Waals surface area contributed by atoms with Crippen molar-refractivity contribution in [3.8, 4) is 0 Å². The molecule has 0 aliphatic rings. The number of H-pyrrole nitrogens is 1. The van der Waals surface area contributed by atoms with Gasteiger partial charge in [-0.2, -0.15) is 5.10 Å². The maximum absolute atomic E-state index is 12.6. The van der Waals surface area contributed by atoms with Gasteiger partial charge in [-0.1, -0.05) is 13.8 Å². The van der Waals surface area contributed by atoms with Crippen LogP contribution in [0.2, 0.25) is 0 Å². The molecule has 1 N–H and O–H groups in total. The molecule has 0 bridgehead atoms. The highest BCUT2D eigenvalue weighted by Crippen LogP contribution is 2.19. The Morgan fingerprint density at radius 2 is 2.14 bits per heavy atom. The lowest BCUT2D eigenvalue weighted by Gasteiger charge is -2.24. The van der Waals surface area contributed by atoms with Crippen LogP contribution in [-0.2, 0) is 11.3 Å². The highest BCUT2D eigenvalue weighted by atomic mass is 16.2. The molecule has 0 unspecified atom stereocenters. The second kappa shape index (κ2) is 6.11. The summed E-state index contributed by atoms with van der Waals surface area (Å²) in [6.45, 7) is 8.58. The summed E-state index contributed by atoms with van der Waals surface area (Å²) >= 11 is 0. The standard InChI is InChI=1S/C15H23N5O/c1-10(2)14-16-6-7-20(14)12(4)15(21)19(5)9-13-8-17-18-11(13)3/h6-8,10,12H,9H2,1-5H3,(H,17,18)/t12-/m1/s1. The van der Waals surface area contributed by atoms with Crippen molar-refractivity contribution in [2.45, 2.75) is 46.2 Å². The van der Waals surface area contributed by atoms with Gasteiger partial charge in [-0.05, 0) is 13.8 Å². The van der Waals surface area contributed by atoms with Crippen molar-refractivity contribution in [1.82, 2.24) is 24.6 Å². The molecule has 1 atom stereocenters. The number of hydrogen-bond donors (Lipinski definition) is 1. The molecule has 6 heteroatoms. The fraction of sp³-hybridized carbons (Fsp3) is 0.533. The van der Waals surface area contributed by atoms with E-state index in [-0.39, 0.29) is 17.9 Å². The number of carbonyl (C=O) groups excluding carboxylic acids is 1. The molecule has 0 fully saturated rings. The number of aromatic amines is 1. The van der Waals surface area contributed by atoms with Crippen LogP contribution >= 0.6 is 0 Å². The van der Waals surface area contributed by atoms with E-state index in [0.29, 0.717) is 6.54 Å². The van der Waals surface area contributed by atoms with Gasteiger partial charge in [0.15, 0.2) is 0 Å². The van der Waals surface area contributed by atoms with E-state index >= 15 is 0 Å². The average molecular weight is 289 g/mol. The molecule has 0 aliphatic heterocycles. The number of nitrogens with one attached hydrogen (secondary N) is 1. The molecule has 6 nitrogen and oxygen atoms in total. The van der Waals surface area contributed by atoms with Gasteiger partial charge in [0.2, 0.25) is 5.91 Å². The van der Waals surface area contributed by atoms with E-state index in [2.05, 4.69) is 29.0 Å². The molecule has 1 amide bonds. The molecule has 0 saturated heterocycles. The molecule has 21 heavy (non-hydrogen) atoms. The number of hydrogen-bond acceptors (Lipinski definition) is 3. The van der Waals surface area contributed by atoms with Gasteiger partial charge in [0.1, 0.15) is 11.9 Å². The highest BCUT2D eigenvalue weighted by molar-refractivity contribution is 5.79. The van der Waals surface area contributed by atoms with Gasteiger partial charge in [0.05, 0.1) is 6.20 Å². The minimum atomic E-state index is -0.262. The zero-order chi connectivity index (χ0) is 15.6. The third-order valence-corrected chi connectivity index (χ3v) is 3.71. The van der Waals surface area contributed by atoms with Crippen LogP contribution in [0.25, 0.3) is 0 Å². The number of aryl methyl sites for hydroxylation is 1. The molecule has 0 aliphatic carbocycles. The summed E-state index contributed by atoms with van der Waals surface area (Å²) in [5.41, 5.74) is 2.03. The van der Waals surface area contributed by atoms with Crippen molar-refractivity contribution in [3.63, 3.8) is 0 Å². The molecule has 0 aromatic carbocycles. The quantitative estimate of drug-likeness (QED) is 0.918. The van der Waals surface area contributed by atoms with Crippen LogP contribution < -0.4 is 0 Å². The van der Waals surface area contributed by atoms with Gasteiger partial charge >= 0.3 is 0 Å². The Bertz CT molecular complexity index is 613. The first kappa shape index (κ1) is 15.3. The molecular formula is C15H23N5O. The van der Waals surface area contributed by atoms with Crippen molar-refractivity contribution < 1.29 is 4.79 Å². The number of amides is 1. The van der Waals surface area contributed by atoms with Crippen LogP contribution in [0.1, 0.15) is 49.8 Å². The number of nitrogens with zero attached hydrogens (tertiary/aromatic N) is 4. The molecule has 2 aromatic heterocycles. The van der Waals surface area contributed by atoms with Gasteiger partial charge in [0.25, 0.3) is 0 Å². The Hall–Kier alpha value is -2.11. The highest BCUT2D eigenvalue weighted by Gasteiger charge is 2.22. The summed E-state index contributed by atoms with van der Waals surface area (Å²) in [6, 6.07) is -0.262. The van der Waals surface area contributed by atoms with Gasteiger partial charge in [-0.15, -0.1) is 0 Å². The predicted molar refractivity (Wildman–Crippen MR) is 80.8 cm³/mol. The predicted octanol–water partition coefficient (Wildman–Crippen LogP) is 2.26. The number of carbonyl (C=O) groups is 1. The van der Waals surface area contributed by atoms with E-state index in [4.69, 9.17) is 0 Å². The SMILES string of the molecule is Cc1[nH]ncc1CN(C)C(=O)[C@@H](C)n1ccnc1C(C)C. The van der Waals surface area contributed by atoms with E-state index in [1.807, 2.05) is 31.7 Å². The van der Waals surface area contributed by atoms with E-state index in [1.54, 1.807) is 17.3 Å². The van der Waals surface area contributed by atoms with E-state index < -0.39 is 0 Å². The first-order chi connectivity index (χ1) is 9.91. The summed E-state index contributed by atoms with van der Waals surface area (Å²) in [7, 11) is 1.82. The molecule has 0 radical (unpaired) electrons. The Balaban J connectivity index is 2.11. The lowest BCUT2D eigenvalue weighted by atomic mass is 10.2. The van der Waals surface area contributed by atoms with Crippen LogP contribution in [-0.4, -0.2) is 37.6 Å². The maximum Gasteiger partial charge on any atom is 0.245 e. The normalized spacial score (nSPS) is 12.7. The Labute approximate surface area is 125 Å². The first-order valence-electron chi connectivity index (χ1n) is 7.18. The van der Waals surface area contributed by atoms with Gasteiger partial charge in [-0.25, -0.2) is 4.98 Å². The molecule has 2 heterocycles. The lowest BCUT2D eigenvalue weighted by molar-refractivity contribution is -0.133.